The molecular weight excluding hydrogens is 379 g/mol. The summed E-state index contributed by atoms with van der Waals surface area (Å²) in [6, 6.07) is 0.462. The van der Waals surface area contributed by atoms with Crippen molar-refractivity contribution in [3.8, 4) is 11.5 Å². The molecule has 26 heavy (non-hydrogen) atoms. The van der Waals surface area contributed by atoms with Crippen molar-refractivity contribution in [2.45, 2.75) is 25.6 Å². The molecule has 0 saturated carbocycles. The van der Waals surface area contributed by atoms with E-state index >= 15 is 0 Å². The summed E-state index contributed by atoms with van der Waals surface area (Å²) in [6.07, 6.45) is -4.20. The van der Waals surface area contributed by atoms with Crippen molar-refractivity contribution in [3.63, 3.8) is 0 Å². The average molecular weight is 395 g/mol. The molecule has 0 spiro atoms. The van der Waals surface area contributed by atoms with Crippen LogP contribution in [0.3, 0.4) is 0 Å². The molecular formula is C13H16F3N5O4S. The summed E-state index contributed by atoms with van der Waals surface area (Å²) in [6.45, 7) is 1.35. The molecule has 1 aliphatic rings. The lowest BCUT2D eigenvalue weighted by Crippen LogP contribution is -2.14. The van der Waals surface area contributed by atoms with E-state index in [9.17, 15) is 21.6 Å². The van der Waals surface area contributed by atoms with Gasteiger partial charge in [-0.05, 0) is 19.4 Å². The van der Waals surface area contributed by atoms with Crippen LogP contribution in [0.5, 0.6) is 0 Å². The summed E-state index contributed by atoms with van der Waals surface area (Å²) in [5, 5.41) is 14.5. The van der Waals surface area contributed by atoms with Crippen molar-refractivity contribution < 1.29 is 31.5 Å². The molecule has 1 aliphatic heterocycles. The van der Waals surface area contributed by atoms with E-state index in [1.54, 1.807) is 6.92 Å². The zero-order valence-corrected chi connectivity index (χ0v) is 14.6. The van der Waals surface area contributed by atoms with Gasteiger partial charge in [0.2, 0.25) is 0 Å². The van der Waals surface area contributed by atoms with Gasteiger partial charge >= 0.3 is 6.18 Å². The zero-order chi connectivity index (χ0) is 19.7. The van der Waals surface area contributed by atoms with Crippen LogP contribution in [0.25, 0.3) is 11.5 Å². The Morgan fingerprint density at radius 3 is 2.42 bits per heavy atom. The molecule has 144 valence electrons. The first-order valence-corrected chi connectivity index (χ1v) is 9.13. The van der Waals surface area contributed by atoms with E-state index in [0.717, 1.165) is 10.7 Å². The largest absolute Gasteiger partial charge is 0.483 e. The Bertz CT molecular complexity index is 904. The Kier molecular flexibility index (Phi) is 5.39. The molecule has 3 rings (SSSR count). The van der Waals surface area contributed by atoms with Crippen LogP contribution in [0.1, 0.15) is 24.0 Å². The third-order valence-electron chi connectivity index (χ3n) is 3.69. The van der Waals surface area contributed by atoms with Crippen molar-refractivity contribution in [1.82, 2.24) is 24.5 Å². The second-order valence-electron chi connectivity index (χ2n) is 5.63. The van der Waals surface area contributed by atoms with E-state index in [1.807, 2.05) is 0 Å². The Labute approximate surface area is 146 Å². The lowest BCUT2D eigenvalue weighted by atomic mass is 10.2. The van der Waals surface area contributed by atoms with Crippen LogP contribution in [0, 0.1) is 6.92 Å². The van der Waals surface area contributed by atoms with Crippen LogP contribution in [-0.2, 0) is 27.9 Å². The number of aromatic nitrogens is 5. The Morgan fingerprint density at radius 1 is 1.35 bits per heavy atom. The van der Waals surface area contributed by atoms with Crippen molar-refractivity contribution in [3.05, 3.63) is 17.6 Å². The molecule has 0 amide bonds. The molecule has 2 aromatic heterocycles. The normalized spacial score (nSPS) is 19.0. The van der Waals surface area contributed by atoms with Crippen molar-refractivity contribution in [1.29, 1.82) is 0 Å². The van der Waals surface area contributed by atoms with Gasteiger partial charge in [-0.25, -0.2) is 18.1 Å². The average Bonchev–Trinajstić information content (AvgIpc) is 3.16. The van der Waals surface area contributed by atoms with Gasteiger partial charge in [-0.1, -0.05) is 0 Å². The van der Waals surface area contributed by atoms with Gasteiger partial charge in [0.05, 0.1) is 17.5 Å². The fourth-order valence-corrected chi connectivity index (χ4v) is 4.33. The summed E-state index contributed by atoms with van der Waals surface area (Å²) in [5.74, 6) is 0.497. The number of carboxylic acid groups (broad SMARTS) is 1. The highest BCUT2D eigenvalue weighted by Crippen LogP contribution is 2.33. The van der Waals surface area contributed by atoms with Crippen LogP contribution >= 0.6 is 0 Å². The molecule has 3 heterocycles. The maximum absolute atomic E-state index is 12.8. The monoisotopic (exact) mass is 395 g/mol. The fraction of sp³-hybridized carbons (Fsp3) is 0.538. The van der Waals surface area contributed by atoms with Crippen LogP contribution in [0.2, 0.25) is 0 Å². The van der Waals surface area contributed by atoms with Crippen LogP contribution in [0.15, 0.2) is 6.07 Å². The van der Waals surface area contributed by atoms with Gasteiger partial charge in [0, 0.05) is 7.05 Å². The second-order valence-corrected chi connectivity index (χ2v) is 7.85. The molecule has 9 nitrogen and oxygen atoms in total. The van der Waals surface area contributed by atoms with Gasteiger partial charge in [-0.3, -0.25) is 9.48 Å². The van der Waals surface area contributed by atoms with E-state index in [-0.39, 0.29) is 29.5 Å². The number of nitrogens with zero attached hydrogens (tertiary/aromatic N) is 5. The number of rotatable bonds is 2. The number of carbonyl (C=O) groups is 1. The van der Waals surface area contributed by atoms with Crippen molar-refractivity contribution in [2.75, 3.05) is 11.5 Å². The number of sulfone groups is 1. The molecule has 0 radical (unpaired) electrons. The molecule has 1 N–H and O–H groups in total. The molecule has 1 saturated heterocycles. The smallest absolute Gasteiger partial charge is 0.435 e. The van der Waals surface area contributed by atoms with E-state index in [1.165, 1.54) is 11.7 Å². The summed E-state index contributed by atoms with van der Waals surface area (Å²) in [7, 11) is -1.77. The number of alkyl halides is 3. The van der Waals surface area contributed by atoms with Gasteiger partial charge in [0.1, 0.15) is 11.5 Å². The van der Waals surface area contributed by atoms with Gasteiger partial charge in [-0.2, -0.15) is 23.4 Å². The fourth-order valence-electron chi connectivity index (χ4n) is 2.64. The predicted octanol–water partition coefficient (Wildman–Crippen LogP) is 1.07. The highest BCUT2D eigenvalue weighted by atomic mass is 32.2. The molecule has 2 aromatic rings. The minimum Gasteiger partial charge on any atom is -0.483 e. The first-order valence-electron chi connectivity index (χ1n) is 7.31. The minimum absolute atomic E-state index is 0.0369. The van der Waals surface area contributed by atoms with E-state index < -0.39 is 27.7 Å². The van der Waals surface area contributed by atoms with Gasteiger partial charge in [0.15, 0.2) is 21.4 Å². The molecule has 1 fully saturated rings. The first kappa shape index (κ1) is 19.9. The lowest BCUT2D eigenvalue weighted by Gasteiger charge is -2.11. The molecule has 0 aliphatic carbocycles. The summed E-state index contributed by atoms with van der Waals surface area (Å²) < 4.78 is 64.2. The highest BCUT2D eigenvalue weighted by Gasteiger charge is 2.36. The third kappa shape index (κ3) is 4.20. The quantitative estimate of drug-likeness (QED) is 0.755. The van der Waals surface area contributed by atoms with Crippen molar-refractivity contribution in [2.24, 2.45) is 7.05 Å². The molecule has 1 atom stereocenters. The van der Waals surface area contributed by atoms with Gasteiger partial charge in [0.25, 0.3) is 6.47 Å². The number of hydrogen-bond acceptors (Lipinski definition) is 6. The lowest BCUT2D eigenvalue weighted by molar-refractivity contribution is -0.141. The molecule has 13 heteroatoms. The topological polar surface area (TPSA) is 120 Å². The van der Waals surface area contributed by atoms with E-state index in [0.29, 0.717) is 12.2 Å². The SMILES string of the molecule is Cc1nc(-c2cc(C(F)(F)F)nn2C)n(C2CCS(=O)(=O)C2)n1.O=CO. The summed E-state index contributed by atoms with van der Waals surface area (Å²) in [5.41, 5.74) is -0.886. The Morgan fingerprint density at radius 2 is 1.96 bits per heavy atom. The summed E-state index contributed by atoms with van der Waals surface area (Å²) >= 11 is 0. The summed E-state index contributed by atoms with van der Waals surface area (Å²) in [4.78, 5) is 12.5. The molecule has 1 unspecified atom stereocenters. The zero-order valence-electron chi connectivity index (χ0n) is 13.8. The first-order chi connectivity index (χ1) is 12.0. The Hall–Kier alpha value is -2.44. The van der Waals surface area contributed by atoms with Crippen LogP contribution in [-0.4, -0.2) is 56.0 Å². The minimum atomic E-state index is -4.56. The van der Waals surface area contributed by atoms with E-state index in [4.69, 9.17) is 9.90 Å². The van der Waals surface area contributed by atoms with Crippen molar-refractivity contribution >= 4 is 16.3 Å². The van der Waals surface area contributed by atoms with Gasteiger partial charge < -0.3 is 5.11 Å². The number of hydrogen-bond donors (Lipinski definition) is 1. The highest BCUT2D eigenvalue weighted by molar-refractivity contribution is 7.91. The van der Waals surface area contributed by atoms with Crippen LogP contribution in [0.4, 0.5) is 13.2 Å². The number of halogens is 3. The third-order valence-corrected chi connectivity index (χ3v) is 5.44. The maximum Gasteiger partial charge on any atom is 0.435 e. The predicted molar refractivity (Wildman–Crippen MR) is 83.0 cm³/mol. The molecule has 0 aromatic carbocycles. The standard InChI is InChI=1S/C12H14F3N5O2S.CH2O2/c1-7-16-11(9-5-10(12(13,14)15)18-19(9)2)20(17-7)8-3-4-23(21,22)6-8;2-1-3/h5,8H,3-4,6H2,1-2H3;1H,(H,2,3). The second kappa shape index (κ2) is 7.05. The van der Waals surface area contributed by atoms with Crippen LogP contribution < -0.4 is 0 Å². The Balaban J connectivity index is 0.000000758. The van der Waals surface area contributed by atoms with E-state index in [2.05, 4.69) is 15.2 Å². The maximum atomic E-state index is 12.8. The molecule has 0 bridgehead atoms. The number of aryl methyl sites for hydroxylation is 2. The van der Waals surface area contributed by atoms with Gasteiger partial charge in [-0.15, -0.1) is 0 Å².